The first kappa shape index (κ1) is 16.1. The molecule has 0 aromatic carbocycles. The van der Waals surface area contributed by atoms with Gasteiger partial charge in [0.2, 0.25) is 0 Å². The third-order valence-corrected chi connectivity index (χ3v) is 9.26. The van der Waals surface area contributed by atoms with Crippen LogP contribution >= 0.6 is 0 Å². The molecule has 1 spiro atoms. The topological polar surface area (TPSA) is 40.5 Å². The maximum atomic E-state index is 10.6. The van der Waals surface area contributed by atoms with Gasteiger partial charge in [-0.3, -0.25) is 0 Å². The lowest BCUT2D eigenvalue weighted by molar-refractivity contribution is -0.199. The summed E-state index contributed by atoms with van der Waals surface area (Å²) in [6, 6.07) is 0. The van der Waals surface area contributed by atoms with Crippen molar-refractivity contribution in [3.63, 3.8) is 0 Å². The second-order valence-electron chi connectivity index (χ2n) is 10.3. The Morgan fingerprint density at radius 2 is 1.74 bits per heavy atom. The van der Waals surface area contributed by atoms with Gasteiger partial charge in [-0.1, -0.05) is 32.9 Å². The van der Waals surface area contributed by atoms with Gasteiger partial charge in [0.25, 0.3) is 0 Å². The summed E-state index contributed by atoms with van der Waals surface area (Å²) in [7, 11) is 0. The summed E-state index contributed by atoms with van der Waals surface area (Å²) < 4.78 is 0. The smallest absolute Gasteiger partial charge is 0.0618 e. The molecule has 0 aromatic heterocycles. The second kappa shape index (κ2) is 4.64. The number of hydrogen-bond acceptors (Lipinski definition) is 2. The number of rotatable bonds is 1. The lowest BCUT2D eigenvalue weighted by Gasteiger charge is -2.65. The highest BCUT2D eigenvalue weighted by atomic mass is 16.3. The first-order chi connectivity index (χ1) is 10.7. The fraction of sp³-hybridized carbons (Fsp3) is 0.905. The SMILES string of the molecule is C=C1C[C@]23CC[C@@H]4[C@](C)(CO)[C@H](O)CC[C@@]4(C)[C@@H]2CC[C@@]1(C)C3. The van der Waals surface area contributed by atoms with Crippen LogP contribution in [0.5, 0.6) is 0 Å². The Hall–Kier alpha value is -0.340. The van der Waals surface area contributed by atoms with E-state index in [9.17, 15) is 10.2 Å². The van der Waals surface area contributed by atoms with Crippen molar-refractivity contribution in [3.05, 3.63) is 12.2 Å². The summed E-state index contributed by atoms with van der Waals surface area (Å²) >= 11 is 0. The molecule has 4 rings (SSSR count). The Morgan fingerprint density at radius 3 is 2.43 bits per heavy atom. The van der Waals surface area contributed by atoms with E-state index in [-0.39, 0.29) is 23.5 Å². The number of aliphatic hydroxyl groups excluding tert-OH is 2. The van der Waals surface area contributed by atoms with Gasteiger partial charge in [0.1, 0.15) is 0 Å². The monoisotopic (exact) mass is 318 g/mol. The van der Waals surface area contributed by atoms with Crippen molar-refractivity contribution in [2.45, 2.75) is 78.2 Å². The van der Waals surface area contributed by atoms with Crippen LogP contribution in [0.3, 0.4) is 0 Å². The Balaban J connectivity index is 1.75. The number of allylic oxidation sites excluding steroid dienone is 1. The Morgan fingerprint density at radius 1 is 1.04 bits per heavy atom. The Kier molecular flexibility index (Phi) is 3.25. The molecule has 4 fully saturated rings. The van der Waals surface area contributed by atoms with E-state index in [1.165, 1.54) is 44.1 Å². The molecule has 4 aliphatic rings. The molecule has 4 saturated carbocycles. The van der Waals surface area contributed by atoms with Gasteiger partial charge in [-0.15, -0.1) is 0 Å². The molecule has 4 aliphatic carbocycles. The Bertz CT molecular complexity index is 542. The third-order valence-electron chi connectivity index (χ3n) is 9.26. The summed E-state index contributed by atoms with van der Waals surface area (Å²) in [5.74, 6) is 1.21. The predicted octanol–water partition coefficient (Wildman–Crippen LogP) is 4.31. The van der Waals surface area contributed by atoms with E-state index in [1.54, 1.807) is 0 Å². The molecule has 2 bridgehead atoms. The maximum Gasteiger partial charge on any atom is 0.0618 e. The molecule has 2 heteroatoms. The van der Waals surface area contributed by atoms with Crippen molar-refractivity contribution in [1.29, 1.82) is 0 Å². The second-order valence-corrected chi connectivity index (χ2v) is 10.3. The van der Waals surface area contributed by atoms with Gasteiger partial charge in [-0.25, -0.2) is 0 Å². The van der Waals surface area contributed by atoms with Crippen LogP contribution in [-0.2, 0) is 0 Å². The molecule has 0 unspecified atom stereocenters. The van der Waals surface area contributed by atoms with Crippen molar-refractivity contribution >= 4 is 0 Å². The highest BCUT2D eigenvalue weighted by molar-refractivity contribution is 5.27. The van der Waals surface area contributed by atoms with E-state index in [4.69, 9.17) is 0 Å². The molecule has 0 aliphatic heterocycles. The summed E-state index contributed by atoms with van der Waals surface area (Å²) in [5, 5.41) is 20.7. The normalized spacial score (nSPS) is 58.7. The third kappa shape index (κ3) is 1.83. The number of aliphatic hydroxyl groups is 2. The van der Waals surface area contributed by atoms with Crippen molar-refractivity contribution in [3.8, 4) is 0 Å². The first-order valence-corrected chi connectivity index (χ1v) is 9.67. The van der Waals surface area contributed by atoms with Crippen LogP contribution in [-0.4, -0.2) is 22.9 Å². The summed E-state index contributed by atoms with van der Waals surface area (Å²) in [6.07, 6.45) is 9.27. The van der Waals surface area contributed by atoms with Gasteiger partial charge in [0, 0.05) is 5.41 Å². The van der Waals surface area contributed by atoms with Gasteiger partial charge >= 0.3 is 0 Å². The molecule has 0 amide bonds. The van der Waals surface area contributed by atoms with Crippen LogP contribution < -0.4 is 0 Å². The van der Waals surface area contributed by atoms with Crippen molar-refractivity contribution < 1.29 is 10.2 Å². The average molecular weight is 319 g/mol. The zero-order valence-electron chi connectivity index (χ0n) is 15.2. The quantitative estimate of drug-likeness (QED) is 0.707. The van der Waals surface area contributed by atoms with Gasteiger partial charge in [-0.2, -0.15) is 0 Å². The first-order valence-electron chi connectivity index (χ1n) is 9.67. The van der Waals surface area contributed by atoms with E-state index >= 15 is 0 Å². The summed E-state index contributed by atoms with van der Waals surface area (Å²) in [6.45, 7) is 11.7. The van der Waals surface area contributed by atoms with Crippen molar-refractivity contribution in [1.82, 2.24) is 0 Å². The minimum absolute atomic E-state index is 0.124. The standard InChI is InChI=1S/C21H34O2/c1-14-11-21-10-6-15-19(3,9-7-17(23)20(15,4)13-22)16(21)5-8-18(14,2)12-21/h15-17,22-23H,1,5-13H2,2-4H3/t15-,16-,17+,18-,19+,20-,21-/m0/s1. The highest BCUT2D eigenvalue weighted by Gasteiger charge is 2.66. The van der Waals surface area contributed by atoms with Gasteiger partial charge in [-0.05, 0) is 79.4 Å². The maximum absolute atomic E-state index is 10.6. The molecule has 0 radical (unpaired) electrons. The molecule has 0 saturated heterocycles. The minimum Gasteiger partial charge on any atom is -0.396 e. The molecule has 2 N–H and O–H groups in total. The lowest BCUT2D eigenvalue weighted by atomic mass is 9.40. The molecule has 23 heavy (non-hydrogen) atoms. The van der Waals surface area contributed by atoms with Gasteiger partial charge < -0.3 is 10.2 Å². The summed E-state index contributed by atoms with van der Waals surface area (Å²) in [5.41, 5.74) is 2.32. The van der Waals surface area contributed by atoms with Crippen LogP contribution in [0, 0.1) is 33.5 Å². The van der Waals surface area contributed by atoms with Crippen LogP contribution in [0.15, 0.2) is 12.2 Å². The molecule has 7 atom stereocenters. The van der Waals surface area contributed by atoms with Crippen LogP contribution in [0.25, 0.3) is 0 Å². The van der Waals surface area contributed by atoms with E-state index in [1.807, 2.05) is 0 Å². The van der Waals surface area contributed by atoms with E-state index in [2.05, 4.69) is 27.4 Å². The predicted molar refractivity (Wildman–Crippen MR) is 92.9 cm³/mol. The zero-order valence-corrected chi connectivity index (χ0v) is 15.2. The fourth-order valence-electron chi connectivity index (χ4n) is 7.92. The minimum atomic E-state index is -0.341. The number of fused-ring (bicyclic) bond motifs is 3. The molecule has 2 nitrogen and oxygen atoms in total. The van der Waals surface area contributed by atoms with E-state index in [0.29, 0.717) is 16.7 Å². The van der Waals surface area contributed by atoms with E-state index < -0.39 is 0 Å². The molecule has 0 heterocycles. The zero-order chi connectivity index (χ0) is 16.7. The van der Waals surface area contributed by atoms with Crippen LogP contribution in [0.4, 0.5) is 0 Å². The van der Waals surface area contributed by atoms with Crippen molar-refractivity contribution in [2.75, 3.05) is 6.61 Å². The van der Waals surface area contributed by atoms with E-state index in [0.717, 1.165) is 18.8 Å². The van der Waals surface area contributed by atoms with Crippen molar-refractivity contribution in [2.24, 2.45) is 33.5 Å². The number of hydrogen-bond donors (Lipinski definition) is 2. The largest absolute Gasteiger partial charge is 0.396 e. The molecule has 0 aromatic rings. The average Bonchev–Trinajstić information content (AvgIpc) is 2.68. The van der Waals surface area contributed by atoms with Gasteiger partial charge in [0.05, 0.1) is 12.7 Å². The molecular weight excluding hydrogens is 284 g/mol. The summed E-state index contributed by atoms with van der Waals surface area (Å²) in [4.78, 5) is 0. The lowest BCUT2D eigenvalue weighted by Crippen LogP contribution is -2.61. The van der Waals surface area contributed by atoms with Gasteiger partial charge in [0.15, 0.2) is 0 Å². The highest BCUT2D eigenvalue weighted by Crippen LogP contribution is 2.74. The Labute approximate surface area is 141 Å². The molecular formula is C21H34O2. The van der Waals surface area contributed by atoms with Crippen LogP contribution in [0.2, 0.25) is 0 Å². The van der Waals surface area contributed by atoms with Crippen LogP contribution in [0.1, 0.15) is 72.1 Å². The fourth-order valence-corrected chi connectivity index (χ4v) is 7.92. The molecule has 130 valence electrons.